The average molecular weight is 375 g/mol. The van der Waals surface area contributed by atoms with Crippen LogP contribution in [0.4, 0.5) is 5.69 Å². The van der Waals surface area contributed by atoms with Crippen LogP contribution in [0.1, 0.15) is 37.8 Å². The summed E-state index contributed by atoms with van der Waals surface area (Å²) in [7, 11) is 0. The van der Waals surface area contributed by atoms with Gasteiger partial charge in [0.05, 0.1) is 11.8 Å². The maximum Gasteiger partial charge on any atom is 0.374 e. The number of nitrogens with zero attached hydrogens (tertiary/aromatic N) is 2. The fourth-order valence-electron chi connectivity index (χ4n) is 3.72. The monoisotopic (exact) mass is 375 g/mol. The Balaban J connectivity index is 1.71. The second-order valence-electron chi connectivity index (χ2n) is 7.34. The van der Waals surface area contributed by atoms with Gasteiger partial charge < -0.3 is 14.1 Å². The molecule has 0 fully saturated rings. The van der Waals surface area contributed by atoms with Gasteiger partial charge in [-0.2, -0.15) is 4.57 Å². The largest absolute Gasteiger partial charge is 0.439 e. The van der Waals surface area contributed by atoms with E-state index >= 15 is 0 Å². The van der Waals surface area contributed by atoms with Gasteiger partial charge in [-0.25, -0.2) is 0 Å². The van der Waals surface area contributed by atoms with Crippen LogP contribution in [0.2, 0.25) is 0 Å². The molecule has 0 saturated heterocycles. The SMILES string of the molecule is CCN1/C(=C\C(C)=C\c2oc3ccc(C)cc3[n+]2CC)Oc2ccc(C)cc21. The van der Waals surface area contributed by atoms with Gasteiger partial charge in [0.2, 0.25) is 11.5 Å². The first-order chi connectivity index (χ1) is 13.5. The molecule has 0 unspecified atom stereocenters. The van der Waals surface area contributed by atoms with Crippen molar-refractivity contribution in [2.45, 2.75) is 41.2 Å². The van der Waals surface area contributed by atoms with Crippen molar-refractivity contribution in [3.05, 3.63) is 70.9 Å². The average Bonchev–Trinajstić information content (AvgIpc) is 3.17. The highest BCUT2D eigenvalue weighted by Crippen LogP contribution is 2.39. The fourth-order valence-corrected chi connectivity index (χ4v) is 3.72. The van der Waals surface area contributed by atoms with E-state index in [0.29, 0.717) is 0 Å². The van der Waals surface area contributed by atoms with E-state index in [0.717, 1.165) is 53.0 Å². The maximum atomic E-state index is 6.11. The van der Waals surface area contributed by atoms with Crippen molar-refractivity contribution in [1.82, 2.24) is 0 Å². The molecule has 1 aromatic heterocycles. The molecule has 0 amide bonds. The first-order valence-electron chi connectivity index (χ1n) is 9.89. The van der Waals surface area contributed by atoms with E-state index in [2.05, 4.69) is 80.5 Å². The molecule has 4 rings (SSSR count). The number of rotatable bonds is 4. The van der Waals surface area contributed by atoms with E-state index in [4.69, 9.17) is 9.15 Å². The molecule has 0 N–H and O–H groups in total. The van der Waals surface area contributed by atoms with Crippen LogP contribution >= 0.6 is 0 Å². The summed E-state index contributed by atoms with van der Waals surface area (Å²) in [4.78, 5) is 2.20. The molecule has 1 aliphatic heterocycles. The maximum absolute atomic E-state index is 6.11. The number of hydrogen-bond acceptors (Lipinski definition) is 3. The molecule has 0 bridgehead atoms. The Labute approximate surface area is 166 Å². The Hall–Kier alpha value is -3.01. The molecule has 0 atom stereocenters. The highest BCUT2D eigenvalue weighted by molar-refractivity contribution is 5.71. The summed E-state index contributed by atoms with van der Waals surface area (Å²) in [6.07, 6.45) is 4.16. The zero-order chi connectivity index (χ0) is 19.8. The molecule has 4 heteroatoms. The lowest BCUT2D eigenvalue weighted by atomic mass is 10.2. The van der Waals surface area contributed by atoms with Gasteiger partial charge in [-0.15, -0.1) is 0 Å². The summed E-state index contributed by atoms with van der Waals surface area (Å²) < 4.78 is 14.4. The molecule has 1 aliphatic rings. The Kier molecular flexibility index (Phi) is 4.71. The van der Waals surface area contributed by atoms with Crippen molar-refractivity contribution in [3.8, 4) is 5.75 Å². The van der Waals surface area contributed by atoms with Crippen molar-refractivity contribution in [2.24, 2.45) is 0 Å². The third-order valence-electron chi connectivity index (χ3n) is 5.11. The summed E-state index contributed by atoms with van der Waals surface area (Å²) in [6.45, 7) is 12.3. The summed E-state index contributed by atoms with van der Waals surface area (Å²) in [6, 6.07) is 12.6. The van der Waals surface area contributed by atoms with Crippen LogP contribution in [0.5, 0.6) is 5.75 Å². The zero-order valence-corrected chi connectivity index (χ0v) is 17.2. The van der Waals surface area contributed by atoms with E-state index < -0.39 is 0 Å². The number of aryl methyl sites for hydroxylation is 3. The molecular weight excluding hydrogens is 348 g/mol. The number of fused-ring (bicyclic) bond motifs is 2. The molecule has 144 valence electrons. The quantitative estimate of drug-likeness (QED) is 0.562. The molecule has 2 heterocycles. The van der Waals surface area contributed by atoms with E-state index in [-0.39, 0.29) is 0 Å². The molecule has 28 heavy (non-hydrogen) atoms. The van der Waals surface area contributed by atoms with Gasteiger partial charge in [-0.1, -0.05) is 12.1 Å². The van der Waals surface area contributed by atoms with Gasteiger partial charge in [-0.3, -0.25) is 0 Å². The van der Waals surface area contributed by atoms with Gasteiger partial charge in [-0.05, 0) is 69.5 Å². The van der Waals surface area contributed by atoms with Gasteiger partial charge in [0.25, 0.3) is 5.52 Å². The minimum absolute atomic E-state index is 0.854. The van der Waals surface area contributed by atoms with Crippen molar-refractivity contribution in [1.29, 1.82) is 0 Å². The fraction of sp³-hybridized carbons (Fsp3) is 0.292. The highest BCUT2D eigenvalue weighted by Gasteiger charge is 2.25. The lowest BCUT2D eigenvalue weighted by molar-refractivity contribution is -0.674. The Bertz CT molecular complexity index is 1110. The minimum atomic E-state index is 0.854. The van der Waals surface area contributed by atoms with Crippen molar-refractivity contribution in [2.75, 3.05) is 11.4 Å². The van der Waals surface area contributed by atoms with Gasteiger partial charge in [0.1, 0.15) is 6.54 Å². The van der Waals surface area contributed by atoms with Crippen molar-refractivity contribution >= 4 is 22.9 Å². The standard InChI is InChI=1S/C24H27N2O2/c1-6-25-19-12-16(3)8-10-21(19)27-23(25)14-18(5)15-24-26(7-2)20-13-17(4)9-11-22(20)28-24/h8-15H,6-7H2,1-5H3/q+1. The first kappa shape index (κ1) is 18.4. The third-order valence-corrected chi connectivity index (χ3v) is 5.11. The number of anilines is 1. The van der Waals surface area contributed by atoms with Crippen LogP contribution < -0.4 is 14.2 Å². The highest BCUT2D eigenvalue weighted by atomic mass is 16.5. The Morgan fingerprint density at radius 2 is 1.82 bits per heavy atom. The van der Waals surface area contributed by atoms with E-state index in [1.807, 2.05) is 12.1 Å². The zero-order valence-electron chi connectivity index (χ0n) is 17.2. The Morgan fingerprint density at radius 1 is 1.07 bits per heavy atom. The molecule has 0 saturated carbocycles. The van der Waals surface area contributed by atoms with Crippen molar-refractivity contribution < 1.29 is 13.7 Å². The number of benzene rings is 2. The molecule has 3 aromatic rings. The van der Waals surface area contributed by atoms with Crippen LogP contribution in [-0.2, 0) is 6.54 Å². The van der Waals surface area contributed by atoms with E-state index in [1.54, 1.807) is 0 Å². The second-order valence-corrected chi connectivity index (χ2v) is 7.34. The first-order valence-corrected chi connectivity index (χ1v) is 9.89. The lowest BCUT2D eigenvalue weighted by Gasteiger charge is -2.15. The topological polar surface area (TPSA) is 29.5 Å². The summed E-state index contributed by atoms with van der Waals surface area (Å²) in [5.41, 5.74) is 6.71. The van der Waals surface area contributed by atoms with Crippen LogP contribution in [-0.4, -0.2) is 6.54 Å². The minimum Gasteiger partial charge on any atom is -0.439 e. The molecule has 0 radical (unpaired) electrons. The van der Waals surface area contributed by atoms with Crippen LogP contribution in [0.25, 0.3) is 17.2 Å². The molecule has 0 spiro atoms. The van der Waals surface area contributed by atoms with Gasteiger partial charge >= 0.3 is 5.89 Å². The number of aromatic nitrogens is 1. The number of hydrogen-bond donors (Lipinski definition) is 0. The molecule has 4 nitrogen and oxygen atoms in total. The summed E-state index contributed by atoms with van der Waals surface area (Å²) >= 11 is 0. The van der Waals surface area contributed by atoms with Gasteiger partial charge in [0.15, 0.2) is 5.75 Å². The summed E-state index contributed by atoms with van der Waals surface area (Å²) in [5, 5.41) is 0. The van der Waals surface area contributed by atoms with Crippen LogP contribution in [0.15, 0.2) is 58.3 Å². The number of ether oxygens (including phenoxy) is 1. The predicted molar refractivity (Wildman–Crippen MR) is 113 cm³/mol. The summed E-state index contributed by atoms with van der Waals surface area (Å²) in [5.74, 6) is 2.62. The van der Waals surface area contributed by atoms with Crippen LogP contribution in [0.3, 0.4) is 0 Å². The molecular formula is C24H27N2O2+. The number of oxazole rings is 1. The van der Waals surface area contributed by atoms with E-state index in [1.165, 1.54) is 11.1 Å². The second kappa shape index (κ2) is 7.19. The molecule has 0 aliphatic carbocycles. The molecule has 2 aromatic carbocycles. The van der Waals surface area contributed by atoms with Crippen molar-refractivity contribution in [3.63, 3.8) is 0 Å². The smallest absolute Gasteiger partial charge is 0.374 e. The third kappa shape index (κ3) is 3.19. The van der Waals surface area contributed by atoms with Crippen LogP contribution in [0, 0.1) is 13.8 Å². The van der Waals surface area contributed by atoms with E-state index in [9.17, 15) is 0 Å². The lowest BCUT2D eigenvalue weighted by Crippen LogP contribution is -2.33. The number of allylic oxidation sites excluding steroid dienone is 2. The Morgan fingerprint density at radius 3 is 2.57 bits per heavy atom. The normalized spacial score (nSPS) is 15.4. The van der Waals surface area contributed by atoms with Gasteiger partial charge in [0, 0.05) is 18.7 Å². The predicted octanol–water partition coefficient (Wildman–Crippen LogP) is 5.52.